The fourth-order valence-corrected chi connectivity index (χ4v) is 0.956. The van der Waals surface area contributed by atoms with Crippen LogP contribution in [0.2, 0.25) is 0 Å². The van der Waals surface area contributed by atoms with Crippen molar-refractivity contribution < 1.29 is 4.42 Å². The van der Waals surface area contributed by atoms with Crippen LogP contribution < -0.4 is 5.73 Å². The van der Waals surface area contributed by atoms with Crippen LogP contribution in [0, 0.1) is 0 Å². The molecule has 0 saturated carbocycles. The van der Waals surface area contributed by atoms with Gasteiger partial charge in [-0.1, -0.05) is 0 Å². The third-order valence-electron chi connectivity index (χ3n) is 1.50. The van der Waals surface area contributed by atoms with E-state index in [0.29, 0.717) is 17.1 Å². The molecule has 0 aliphatic heterocycles. The van der Waals surface area contributed by atoms with Gasteiger partial charge in [0.1, 0.15) is 5.69 Å². The first-order chi connectivity index (χ1) is 5.88. The number of rotatable bonds is 1. The molecular weight excluding hydrogens is 154 g/mol. The average Bonchev–Trinajstić information content (AvgIpc) is 2.57. The SMILES string of the molecule is Nc1cccnc1-c1cnco1. The summed E-state index contributed by atoms with van der Waals surface area (Å²) in [7, 11) is 0. The highest BCUT2D eigenvalue weighted by molar-refractivity contribution is 5.67. The minimum atomic E-state index is 0.591. The molecule has 0 fully saturated rings. The van der Waals surface area contributed by atoms with E-state index in [1.807, 2.05) is 0 Å². The summed E-state index contributed by atoms with van der Waals surface area (Å²) >= 11 is 0. The zero-order valence-electron chi connectivity index (χ0n) is 6.27. The van der Waals surface area contributed by atoms with Gasteiger partial charge < -0.3 is 10.2 Å². The number of oxazole rings is 1. The van der Waals surface area contributed by atoms with Crippen molar-refractivity contribution in [1.82, 2.24) is 9.97 Å². The number of nitrogens with zero attached hydrogens (tertiary/aromatic N) is 2. The number of hydrogen-bond donors (Lipinski definition) is 1. The Bertz CT molecular complexity index is 370. The molecule has 0 aliphatic rings. The highest BCUT2D eigenvalue weighted by atomic mass is 16.3. The zero-order chi connectivity index (χ0) is 8.39. The Kier molecular flexibility index (Phi) is 1.51. The summed E-state index contributed by atoms with van der Waals surface area (Å²) in [6.07, 6.45) is 4.59. The lowest BCUT2D eigenvalue weighted by molar-refractivity contribution is 0.570. The second-order valence-electron chi connectivity index (χ2n) is 2.31. The van der Waals surface area contributed by atoms with Gasteiger partial charge in [-0.3, -0.25) is 4.98 Å². The Hall–Kier alpha value is -1.84. The summed E-state index contributed by atoms with van der Waals surface area (Å²) in [4.78, 5) is 7.84. The Labute approximate surface area is 69.1 Å². The normalized spacial score (nSPS) is 10.0. The minimum absolute atomic E-state index is 0.591. The molecule has 60 valence electrons. The molecule has 0 atom stereocenters. The van der Waals surface area contributed by atoms with Crippen LogP contribution in [0.15, 0.2) is 35.3 Å². The smallest absolute Gasteiger partial charge is 0.181 e. The number of pyridine rings is 1. The maximum Gasteiger partial charge on any atom is 0.181 e. The van der Waals surface area contributed by atoms with E-state index in [4.69, 9.17) is 10.2 Å². The van der Waals surface area contributed by atoms with E-state index in [9.17, 15) is 0 Å². The fourth-order valence-electron chi connectivity index (χ4n) is 0.956. The standard InChI is InChI=1S/C8H7N3O/c9-6-2-1-3-11-8(6)7-4-10-5-12-7/h1-5H,9H2. The number of aromatic nitrogens is 2. The molecule has 0 bridgehead atoms. The number of hydrogen-bond acceptors (Lipinski definition) is 4. The minimum Gasteiger partial charge on any atom is -0.442 e. The Balaban J connectivity index is 2.55. The lowest BCUT2D eigenvalue weighted by Gasteiger charge is -1.97. The summed E-state index contributed by atoms with van der Waals surface area (Å²) in [5.74, 6) is 0.591. The lowest BCUT2D eigenvalue weighted by Crippen LogP contribution is -1.90. The van der Waals surface area contributed by atoms with Gasteiger partial charge in [0.05, 0.1) is 11.9 Å². The zero-order valence-corrected chi connectivity index (χ0v) is 6.27. The molecule has 2 aromatic rings. The molecule has 0 aromatic carbocycles. The average molecular weight is 161 g/mol. The van der Waals surface area contributed by atoms with Gasteiger partial charge >= 0.3 is 0 Å². The van der Waals surface area contributed by atoms with Gasteiger partial charge in [-0.25, -0.2) is 4.98 Å². The van der Waals surface area contributed by atoms with Crippen molar-refractivity contribution in [3.8, 4) is 11.5 Å². The molecular formula is C8H7N3O. The van der Waals surface area contributed by atoms with Crippen LogP contribution in [-0.2, 0) is 0 Å². The number of anilines is 1. The van der Waals surface area contributed by atoms with Crippen molar-refractivity contribution in [2.24, 2.45) is 0 Å². The molecule has 0 radical (unpaired) electrons. The third-order valence-corrected chi connectivity index (χ3v) is 1.50. The first-order valence-corrected chi connectivity index (χ1v) is 3.47. The van der Waals surface area contributed by atoms with Crippen molar-refractivity contribution in [1.29, 1.82) is 0 Å². The van der Waals surface area contributed by atoms with E-state index in [0.717, 1.165) is 0 Å². The van der Waals surface area contributed by atoms with Gasteiger partial charge in [0.25, 0.3) is 0 Å². The van der Waals surface area contributed by atoms with E-state index >= 15 is 0 Å². The highest BCUT2D eigenvalue weighted by Gasteiger charge is 2.05. The van der Waals surface area contributed by atoms with E-state index in [2.05, 4.69) is 9.97 Å². The first kappa shape index (κ1) is 6.84. The molecule has 0 unspecified atom stereocenters. The molecule has 12 heavy (non-hydrogen) atoms. The summed E-state index contributed by atoms with van der Waals surface area (Å²) in [5.41, 5.74) is 6.89. The molecule has 2 N–H and O–H groups in total. The van der Waals surface area contributed by atoms with Crippen LogP contribution in [0.25, 0.3) is 11.5 Å². The Morgan fingerprint density at radius 1 is 1.42 bits per heavy atom. The molecule has 0 saturated heterocycles. The quantitative estimate of drug-likeness (QED) is 0.685. The topological polar surface area (TPSA) is 64.9 Å². The van der Waals surface area contributed by atoms with Crippen LogP contribution in [0.5, 0.6) is 0 Å². The third kappa shape index (κ3) is 1.03. The van der Waals surface area contributed by atoms with Crippen molar-refractivity contribution in [2.45, 2.75) is 0 Å². The number of nitrogen functional groups attached to an aromatic ring is 1. The molecule has 4 heteroatoms. The van der Waals surface area contributed by atoms with Gasteiger partial charge in [-0.05, 0) is 12.1 Å². The molecule has 2 heterocycles. The molecule has 0 amide bonds. The predicted molar refractivity (Wildman–Crippen MR) is 44.1 cm³/mol. The Morgan fingerprint density at radius 3 is 3.00 bits per heavy atom. The molecule has 2 aromatic heterocycles. The van der Waals surface area contributed by atoms with Crippen LogP contribution >= 0.6 is 0 Å². The van der Waals surface area contributed by atoms with Crippen LogP contribution in [0.4, 0.5) is 5.69 Å². The summed E-state index contributed by atoms with van der Waals surface area (Å²) < 4.78 is 5.05. The molecule has 0 aliphatic carbocycles. The second kappa shape index (κ2) is 2.65. The summed E-state index contributed by atoms with van der Waals surface area (Å²) in [5, 5.41) is 0. The largest absolute Gasteiger partial charge is 0.442 e. The van der Waals surface area contributed by atoms with Crippen molar-refractivity contribution >= 4 is 5.69 Å². The van der Waals surface area contributed by atoms with E-state index in [1.165, 1.54) is 6.39 Å². The maximum absolute atomic E-state index is 5.66. The molecule has 0 spiro atoms. The fraction of sp³-hybridized carbons (Fsp3) is 0. The van der Waals surface area contributed by atoms with Gasteiger partial charge in [-0.15, -0.1) is 0 Å². The van der Waals surface area contributed by atoms with Gasteiger partial charge in [0.2, 0.25) is 0 Å². The van der Waals surface area contributed by atoms with Gasteiger partial charge in [0.15, 0.2) is 12.2 Å². The highest BCUT2D eigenvalue weighted by Crippen LogP contribution is 2.21. The van der Waals surface area contributed by atoms with Crippen LogP contribution in [0.1, 0.15) is 0 Å². The van der Waals surface area contributed by atoms with Crippen molar-refractivity contribution in [2.75, 3.05) is 5.73 Å². The maximum atomic E-state index is 5.66. The van der Waals surface area contributed by atoms with Gasteiger partial charge in [-0.2, -0.15) is 0 Å². The molecule has 4 nitrogen and oxygen atoms in total. The van der Waals surface area contributed by atoms with Gasteiger partial charge in [0, 0.05) is 6.20 Å². The summed E-state index contributed by atoms with van der Waals surface area (Å²) in [6, 6.07) is 3.54. The van der Waals surface area contributed by atoms with Crippen LogP contribution in [0.3, 0.4) is 0 Å². The van der Waals surface area contributed by atoms with Crippen molar-refractivity contribution in [3.63, 3.8) is 0 Å². The monoisotopic (exact) mass is 161 g/mol. The van der Waals surface area contributed by atoms with E-state index < -0.39 is 0 Å². The second-order valence-corrected chi connectivity index (χ2v) is 2.31. The Morgan fingerprint density at radius 2 is 2.33 bits per heavy atom. The summed E-state index contributed by atoms with van der Waals surface area (Å²) in [6.45, 7) is 0. The molecule has 2 rings (SSSR count). The number of nitrogens with two attached hydrogens (primary N) is 1. The van der Waals surface area contributed by atoms with E-state index in [-0.39, 0.29) is 0 Å². The predicted octanol–water partition coefficient (Wildman–Crippen LogP) is 1.32. The van der Waals surface area contributed by atoms with Crippen LogP contribution in [-0.4, -0.2) is 9.97 Å². The van der Waals surface area contributed by atoms with E-state index in [1.54, 1.807) is 24.5 Å². The first-order valence-electron chi connectivity index (χ1n) is 3.47. The van der Waals surface area contributed by atoms with Crippen molar-refractivity contribution in [3.05, 3.63) is 30.9 Å². The lowest BCUT2D eigenvalue weighted by atomic mass is 10.2.